The predicted octanol–water partition coefficient (Wildman–Crippen LogP) is 15.8. The number of aromatic nitrogens is 10. The molecular weight excluding hydrogens is 1080 g/mol. The number of fused-ring (bicyclic) bond motifs is 19. The van der Waals surface area contributed by atoms with Crippen molar-refractivity contribution in [3.05, 3.63) is 239 Å². The number of hydrogen-bond donors (Lipinski definition) is 0. The summed E-state index contributed by atoms with van der Waals surface area (Å²) in [6.45, 7) is 0. The second-order valence-electron chi connectivity index (χ2n) is 21.3. The van der Waals surface area contributed by atoms with Gasteiger partial charge in [-0.1, -0.05) is 169 Å². The molecule has 9 aromatic heterocycles. The van der Waals surface area contributed by atoms with Crippen molar-refractivity contribution < 1.29 is 8.83 Å². The fourth-order valence-electron chi connectivity index (χ4n) is 13.0. The lowest BCUT2D eigenvalue weighted by Gasteiger charge is -2.12. The fraction of sp³-hybridized carbons (Fsp3) is 0. The van der Waals surface area contributed by atoms with Gasteiger partial charge in [-0.3, -0.25) is 18.7 Å². The van der Waals surface area contributed by atoms with Gasteiger partial charge in [-0.15, -0.1) is 0 Å². The van der Waals surface area contributed by atoms with Crippen molar-refractivity contribution in [1.29, 1.82) is 0 Å². The normalized spacial score (nSPS) is 12.3. The number of imidazole rings is 2. The molecule has 19 rings (SSSR count). The highest BCUT2D eigenvalue weighted by atomic mass is 32.1. The first kappa shape index (κ1) is 46.0. The summed E-state index contributed by atoms with van der Waals surface area (Å²) in [5, 5.41) is 7.26. The topological polar surface area (TPSA) is 156 Å². The Balaban J connectivity index is 0.774. The number of rotatable bonds is 5. The Morgan fingerprint density at radius 1 is 0.376 bits per heavy atom. The first-order valence-corrected chi connectivity index (χ1v) is 28.5. The molecule has 0 saturated heterocycles. The van der Waals surface area contributed by atoms with Crippen molar-refractivity contribution in [1.82, 2.24) is 47.8 Å². The lowest BCUT2D eigenvalue weighted by molar-refractivity contribution is 0.617. The summed E-state index contributed by atoms with van der Waals surface area (Å²) < 4.78 is 21.2. The van der Waals surface area contributed by atoms with E-state index in [9.17, 15) is 4.79 Å². The van der Waals surface area contributed by atoms with Crippen LogP contribution in [-0.4, -0.2) is 47.8 Å². The first-order chi connectivity index (χ1) is 42.0. The van der Waals surface area contributed by atoms with E-state index in [1.54, 1.807) is 4.40 Å². The van der Waals surface area contributed by atoms with E-state index in [1.165, 1.54) is 15.7 Å². The monoisotopic (exact) mass is 1110 g/mol. The lowest BCUT2D eigenvalue weighted by Crippen LogP contribution is -2.13. The fourth-order valence-corrected chi connectivity index (χ4v) is 14.0. The van der Waals surface area contributed by atoms with Crippen LogP contribution in [0.4, 0.5) is 0 Å². The van der Waals surface area contributed by atoms with Crippen molar-refractivity contribution in [3.8, 4) is 45.5 Å². The zero-order valence-electron chi connectivity index (χ0n) is 44.3. The highest BCUT2D eigenvalue weighted by molar-refractivity contribution is 7.23. The number of nitrogens with zero attached hydrogens (tertiary/aromatic N) is 10. The average molecular weight is 1110 g/mol. The van der Waals surface area contributed by atoms with E-state index in [2.05, 4.69) is 30.3 Å². The molecule has 0 aliphatic heterocycles. The van der Waals surface area contributed by atoms with Gasteiger partial charge in [-0.05, 0) is 60.2 Å². The second kappa shape index (κ2) is 16.9. The summed E-state index contributed by atoms with van der Waals surface area (Å²) in [7, 11) is 0. The molecule has 0 N–H and O–H groups in total. The molecule has 19 aromatic rings. The third-order valence-electron chi connectivity index (χ3n) is 16.7. The maximum Gasteiger partial charge on any atom is 0.310 e. The van der Waals surface area contributed by atoms with Gasteiger partial charge in [0.05, 0.1) is 77.2 Å². The number of hydrogen-bond acceptors (Lipinski definition) is 11. The van der Waals surface area contributed by atoms with Gasteiger partial charge < -0.3 is 8.83 Å². The quantitative estimate of drug-likeness (QED) is 0.162. The molecule has 85 heavy (non-hydrogen) atoms. The van der Waals surface area contributed by atoms with Crippen LogP contribution < -0.4 is 11.1 Å². The Kier molecular flexibility index (Phi) is 9.17. The molecule has 0 radical (unpaired) electrons. The van der Waals surface area contributed by atoms with Crippen LogP contribution in [0.1, 0.15) is 0 Å². The molecule has 0 aliphatic carbocycles. The van der Waals surface area contributed by atoms with E-state index in [0.717, 1.165) is 104 Å². The van der Waals surface area contributed by atoms with E-state index in [-0.39, 0.29) is 17.0 Å². The maximum atomic E-state index is 15.6. The molecule has 14 nitrogen and oxygen atoms in total. The summed E-state index contributed by atoms with van der Waals surface area (Å²) in [6.07, 6.45) is 0. The highest BCUT2D eigenvalue weighted by Crippen LogP contribution is 2.42. The van der Waals surface area contributed by atoms with Crippen LogP contribution in [0.5, 0.6) is 0 Å². The molecule has 0 fully saturated rings. The smallest absolute Gasteiger partial charge is 0.310 e. The molecule has 15 heteroatoms. The second-order valence-corrected chi connectivity index (χ2v) is 22.3. The summed E-state index contributed by atoms with van der Waals surface area (Å²) in [5.41, 5.74) is 12.5. The van der Waals surface area contributed by atoms with Crippen LogP contribution in [0.25, 0.3) is 176 Å². The van der Waals surface area contributed by atoms with Crippen molar-refractivity contribution in [2.75, 3.05) is 0 Å². The zero-order chi connectivity index (χ0) is 55.8. The summed E-state index contributed by atoms with van der Waals surface area (Å²) in [5.74, 6) is 1.02. The van der Waals surface area contributed by atoms with Crippen molar-refractivity contribution in [3.63, 3.8) is 0 Å². The van der Waals surface area contributed by atoms with Crippen molar-refractivity contribution in [2.24, 2.45) is 0 Å². The SMILES string of the molecule is O=c1c2cc3c4ccccc4n(-c4nc(-c5ccccc5)c5c(n4)oc4ccccc45)c3cc2oc2nc3cc(-c4cccc5c4nc4sc6ccc7c8ccccc8n(-c8nc(-c9ccccc9)c9ccccc9n8)c7c6c(=O)n45)ccc3n12. The lowest BCUT2D eigenvalue weighted by atomic mass is 10.0. The Bertz CT molecular complexity index is 6290. The van der Waals surface area contributed by atoms with Crippen LogP contribution >= 0.6 is 11.3 Å². The molecule has 0 atom stereocenters. The summed E-state index contributed by atoms with van der Waals surface area (Å²) >= 11 is 1.46. The van der Waals surface area contributed by atoms with E-state index in [1.807, 2.05) is 197 Å². The van der Waals surface area contributed by atoms with E-state index in [4.69, 9.17) is 38.7 Å². The van der Waals surface area contributed by atoms with Gasteiger partial charge in [0, 0.05) is 59.8 Å². The molecule has 0 bridgehead atoms. The van der Waals surface area contributed by atoms with E-state index < -0.39 is 0 Å². The maximum absolute atomic E-state index is 15.6. The molecular formula is C70H36N10O4S. The zero-order valence-corrected chi connectivity index (χ0v) is 45.1. The van der Waals surface area contributed by atoms with Gasteiger partial charge in [0.15, 0.2) is 4.96 Å². The van der Waals surface area contributed by atoms with Gasteiger partial charge >= 0.3 is 5.84 Å². The molecule has 0 amide bonds. The third kappa shape index (κ3) is 6.40. The van der Waals surface area contributed by atoms with Crippen LogP contribution in [0.3, 0.4) is 0 Å². The van der Waals surface area contributed by atoms with E-state index >= 15 is 4.79 Å². The van der Waals surface area contributed by atoms with Crippen molar-refractivity contribution >= 4 is 142 Å². The van der Waals surface area contributed by atoms with Gasteiger partial charge in [0.1, 0.15) is 11.2 Å². The minimum atomic E-state index is -0.271. The largest absolute Gasteiger partial charge is 0.437 e. The first-order valence-electron chi connectivity index (χ1n) is 27.7. The van der Waals surface area contributed by atoms with Crippen LogP contribution in [-0.2, 0) is 0 Å². The Labute approximate surface area is 480 Å². The Morgan fingerprint density at radius 2 is 1.06 bits per heavy atom. The van der Waals surface area contributed by atoms with Gasteiger partial charge in [-0.2, -0.15) is 9.97 Å². The third-order valence-corrected chi connectivity index (χ3v) is 17.7. The molecule has 0 unspecified atom stereocenters. The van der Waals surface area contributed by atoms with Crippen LogP contribution in [0.2, 0.25) is 0 Å². The molecule has 0 aliphatic rings. The Morgan fingerprint density at radius 3 is 1.88 bits per heavy atom. The summed E-state index contributed by atoms with van der Waals surface area (Å²) in [4.78, 5) is 62.1. The molecule has 396 valence electrons. The summed E-state index contributed by atoms with van der Waals surface area (Å²) in [6, 6.07) is 71.9. The molecule has 10 aromatic carbocycles. The van der Waals surface area contributed by atoms with Gasteiger partial charge in [0.2, 0.25) is 17.6 Å². The van der Waals surface area contributed by atoms with Crippen LogP contribution in [0.15, 0.2) is 237 Å². The Hall–Kier alpha value is -11.7. The molecule has 0 saturated carbocycles. The van der Waals surface area contributed by atoms with Gasteiger partial charge in [-0.25, -0.2) is 28.7 Å². The number of benzene rings is 10. The standard InChI is InChI=1S/C70H36N10O4S/c81-65-47-35-46-42-21-9-12-26-50(42)77(68-74-61(38-18-5-2-6-19-38)58-45-23-10-14-29-55(45)83-64(58)76-68)54(46)36-56(47)84-69-72-49-34-39(30-32-52(49)79(65)69)40-24-15-28-53-62(40)75-70-80(53)66(82)59-57(85-70)33-31-43-41-20-8-13-27-51(41)78(63(43)59)67-71-48-25-11-7-22-44(48)60(73-67)37-16-3-1-4-17-37/h1-36H. The van der Waals surface area contributed by atoms with Crippen LogP contribution in [0, 0.1) is 0 Å². The predicted molar refractivity (Wildman–Crippen MR) is 338 cm³/mol. The number of furan rings is 1. The number of para-hydroxylation sites is 5. The molecule has 9 heterocycles. The van der Waals surface area contributed by atoms with E-state index in [0.29, 0.717) is 66.6 Å². The van der Waals surface area contributed by atoms with Gasteiger partial charge in [0.25, 0.3) is 11.1 Å². The molecule has 0 spiro atoms. The minimum absolute atomic E-state index is 0.141. The van der Waals surface area contributed by atoms with Crippen molar-refractivity contribution in [2.45, 2.75) is 0 Å². The highest BCUT2D eigenvalue weighted by Gasteiger charge is 2.26. The average Bonchev–Trinajstić information content (AvgIpc) is 2.32. The minimum Gasteiger partial charge on any atom is -0.437 e.